The summed E-state index contributed by atoms with van der Waals surface area (Å²) in [6.45, 7) is 1.14. The van der Waals surface area contributed by atoms with Crippen LogP contribution in [0.3, 0.4) is 0 Å². The number of alkyl halides is 4. The van der Waals surface area contributed by atoms with Crippen LogP contribution in [0, 0.1) is 35.3 Å². The average Bonchev–Trinajstić information content (AvgIpc) is 2.79. The molecule has 8 heteroatoms. The Morgan fingerprint density at radius 1 is 0.818 bits per heavy atom. The normalized spacial score (nSPS) is 33.8. The molecule has 1 aliphatic heterocycles. The number of hydrogen-bond acceptors (Lipinski definition) is 2. The first-order valence-corrected chi connectivity index (χ1v) is 12.9. The van der Waals surface area contributed by atoms with Crippen molar-refractivity contribution in [2.45, 2.75) is 74.8 Å². The first kappa shape index (κ1) is 25.4. The summed E-state index contributed by atoms with van der Waals surface area (Å²) in [6, 6.07) is 2.08. The molecular formula is C25H32BrF5O2. The monoisotopic (exact) mass is 538 g/mol. The maximum Gasteiger partial charge on any atom is 0.332 e. The molecule has 1 saturated heterocycles. The molecule has 1 aromatic carbocycles. The van der Waals surface area contributed by atoms with E-state index in [1.54, 1.807) is 0 Å². The van der Waals surface area contributed by atoms with Gasteiger partial charge in [0.15, 0.2) is 6.29 Å². The van der Waals surface area contributed by atoms with E-state index >= 15 is 0 Å². The molecule has 0 spiro atoms. The third-order valence-electron chi connectivity index (χ3n) is 8.00. The lowest BCUT2D eigenvalue weighted by molar-refractivity contribution is -0.236. The average molecular weight is 539 g/mol. The lowest BCUT2D eigenvalue weighted by Gasteiger charge is -2.41. The minimum absolute atomic E-state index is 0.0703. The molecule has 0 radical (unpaired) electrons. The Labute approximate surface area is 200 Å². The maximum atomic E-state index is 14.2. The summed E-state index contributed by atoms with van der Waals surface area (Å²) in [5, 5.41) is 0. The second-order valence-corrected chi connectivity index (χ2v) is 11.0. The van der Waals surface area contributed by atoms with Crippen molar-refractivity contribution >= 4 is 15.9 Å². The van der Waals surface area contributed by atoms with Gasteiger partial charge in [-0.05, 0) is 96.3 Å². The van der Waals surface area contributed by atoms with E-state index in [0.717, 1.165) is 50.7 Å². The van der Waals surface area contributed by atoms with Gasteiger partial charge in [-0.25, -0.2) is 8.78 Å². The largest absolute Gasteiger partial charge is 0.352 e. The van der Waals surface area contributed by atoms with Gasteiger partial charge in [0.2, 0.25) is 0 Å². The van der Waals surface area contributed by atoms with Crippen LogP contribution in [0.4, 0.5) is 22.0 Å². The molecule has 186 valence electrons. The predicted octanol–water partition coefficient (Wildman–Crippen LogP) is 7.84. The summed E-state index contributed by atoms with van der Waals surface area (Å²) in [6.07, 6.45) is 7.85. The quantitative estimate of drug-likeness (QED) is 0.271. The molecule has 0 unspecified atom stereocenters. The van der Waals surface area contributed by atoms with E-state index in [0.29, 0.717) is 55.8 Å². The fourth-order valence-electron chi connectivity index (χ4n) is 6.00. The number of hydrogen-bond donors (Lipinski definition) is 0. The SMILES string of the molecule is FCCC1CCC(C2COC(C3CCC(c4cc(F)c(C(F)(F)Br)c(F)c4)CC3)OC2)CC1. The highest BCUT2D eigenvalue weighted by molar-refractivity contribution is 9.09. The molecule has 4 rings (SSSR count). The van der Waals surface area contributed by atoms with E-state index in [4.69, 9.17) is 9.47 Å². The molecule has 1 aromatic rings. The fraction of sp³-hybridized carbons (Fsp3) is 0.760. The van der Waals surface area contributed by atoms with Gasteiger partial charge in [0.05, 0.1) is 19.9 Å². The number of rotatable bonds is 6. The van der Waals surface area contributed by atoms with Crippen LogP contribution < -0.4 is 0 Å². The minimum atomic E-state index is -3.74. The van der Waals surface area contributed by atoms with Crippen molar-refractivity contribution in [1.29, 1.82) is 0 Å². The number of benzene rings is 1. The van der Waals surface area contributed by atoms with Crippen molar-refractivity contribution in [3.63, 3.8) is 0 Å². The van der Waals surface area contributed by atoms with Crippen LogP contribution in [0.1, 0.15) is 74.8 Å². The van der Waals surface area contributed by atoms with Gasteiger partial charge in [-0.15, -0.1) is 0 Å². The Morgan fingerprint density at radius 3 is 1.88 bits per heavy atom. The Kier molecular flexibility index (Phi) is 8.38. The van der Waals surface area contributed by atoms with Crippen LogP contribution in [0.25, 0.3) is 0 Å². The summed E-state index contributed by atoms with van der Waals surface area (Å²) >= 11 is 2.04. The molecule has 33 heavy (non-hydrogen) atoms. The summed E-state index contributed by atoms with van der Waals surface area (Å²) in [7, 11) is 0. The third kappa shape index (κ3) is 6.10. The van der Waals surface area contributed by atoms with Crippen LogP contribution in [0.2, 0.25) is 0 Å². The first-order valence-electron chi connectivity index (χ1n) is 12.1. The van der Waals surface area contributed by atoms with Gasteiger partial charge in [0.1, 0.15) is 17.2 Å². The Morgan fingerprint density at radius 2 is 1.36 bits per heavy atom. The predicted molar refractivity (Wildman–Crippen MR) is 119 cm³/mol. The van der Waals surface area contributed by atoms with Crippen LogP contribution in [0.5, 0.6) is 0 Å². The topological polar surface area (TPSA) is 18.5 Å². The first-order chi connectivity index (χ1) is 15.8. The third-order valence-corrected chi connectivity index (χ3v) is 8.40. The van der Waals surface area contributed by atoms with E-state index < -0.39 is 22.0 Å². The molecule has 0 aromatic heterocycles. The van der Waals surface area contributed by atoms with Crippen molar-refractivity contribution in [3.05, 3.63) is 34.9 Å². The lowest BCUT2D eigenvalue weighted by Crippen LogP contribution is -2.41. The summed E-state index contributed by atoms with van der Waals surface area (Å²) in [5.41, 5.74) is -0.813. The Balaban J connectivity index is 1.25. The van der Waals surface area contributed by atoms with Crippen molar-refractivity contribution in [1.82, 2.24) is 0 Å². The summed E-state index contributed by atoms with van der Waals surface area (Å²) < 4.78 is 79.9. The Bertz CT molecular complexity index is 754. The van der Waals surface area contributed by atoms with Crippen molar-refractivity contribution in [2.24, 2.45) is 23.7 Å². The zero-order valence-electron chi connectivity index (χ0n) is 18.7. The molecule has 2 aliphatic carbocycles. The van der Waals surface area contributed by atoms with Crippen LogP contribution >= 0.6 is 15.9 Å². The molecule has 0 N–H and O–H groups in total. The van der Waals surface area contributed by atoms with Crippen LogP contribution in [0.15, 0.2) is 12.1 Å². The second kappa shape index (κ2) is 10.9. The van der Waals surface area contributed by atoms with Crippen LogP contribution in [-0.2, 0) is 14.3 Å². The van der Waals surface area contributed by atoms with Gasteiger partial charge in [-0.3, -0.25) is 4.39 Å². The lowest BCUT2D eigenvalue weighted by atomic mass is 9.75. The summed E-state index contributed by atoms with van der Waals surface area (Å²) in [4.78, 5) is -3.74. The standard InChI is InChI=1S/C25H32BrF5O2/c26-25(30,31)23-21(28)11-19(12-22(23)29)16-5-7-18(8-6-16)24-32-13-20(14-33-24)17-3-1-15(2-4-17)9-10-27/h11-12,15-18,20,24H,1-10,13-14H2. The fourth-order valence-corrected chi connectivity index (χ4v) is 6.38. The molecule has 3 aliphatic rings. The highest BCUT2D eigenvalue weighted by Crippen LogP contribution is 2.43. The summed E-state index contributed by atoms with van der Waals surface area (Å²) in [5.74, 6) is -0.801. The molecule has 2 nitrogen and oxygen atoms in total. The van der Waals surface area contributed by atoms with E-state index in [1.165, 1.54) is 0 Å². The van der Waals surface area contributed by atoms with Crippen molar-refractivity contribution < 1.29 is 31.4 Å². The second-order valence-electron chi connectivity index (χ2n) is 10.0. The molecule has 0 atom stereocenters. The highest BCUT2D eigenvalue weighted by Gasteiger charge is 2.38. The van der Waals surface area contributed by atoms with Gasteiger partial charge in [-0.2, -0.15) is 8.78 Å². The molecular weight excluding hydrogens is 507 g/mol. The maximum absolute atomic E-state index is 14.2. The van der Waals surface area contributed by atoms with Crippen molar-refractivity contribution in [2.75, 3.05) is 19.9 Å². The van der Waals surface area contributed by atoms with Gasteiger partial charge < -0.3 is 9.47 Å². The van der Waals surface area contributed by atoms with E-state index in [-0.39, 0.29) is 24.8 Å². The minimum Gasteiger partial charge on any atom is -0.352 e. The molecule has 0 bridgehead atoms. The van der Waals surface area contributed by atoms with Crippen LogP contribution in [-0.4, -0.2) is 26.2 Å². The molecule has 2 saturated carbocycles. The van der Waals surface area contributed by atoms with E-state index in [1.807, 2.05) is 15.9 Å². The zero-order valence-corrected chi connectivity index (χ0v) is 20.3. The van der Waals surface area contributed by atoms with Gasteiger partial charge in [0.25, 0.3) is 0 Å². The number of ether oxygens (including phenoxy) is 2. The van der Waals surface area contributed by atoms with Gasteiger partial charge in [0, 0.05) is 11.8 Å². The highest BCUT2D eigenvalue weighted by atomic mass is 79.9. The molecule has 0 amide bonds. The molecule has 3 fully saturated rings. The van der Waals surface area contributed by atoms with Crippen molar-refractivity contribution in [3.8, 4) is 0 Å². The van der Waals surface area contributed by atoms with E-state index in [9.17, 15) is 22.0 Å². The Hall–Kier alpha value is -0.730. The smallest absolute Gasteiger partial charge is 0.332 e. The number of halogens is 6. The van der Waals surface area contributed by atoms with Gasteiger partial charge >= 0.3 is 4.83 Å². The molecule has 1 heterocycles. The van der Waals surface area contributed by atoms with Gasteiger partial charge in [-0.1, -0.05) is 12.8 Å². The zero-order chi connectivity index (χ0) is 23.6. The van der Waals surface area contributed by atoms with E-state index in [2.05, 4.69) is 0 Å².